The van der Waals surface area contributed by atoms with Crippen molar-refractivity contribution in [1.29, 1.82) is 0 Å². The zero-order valence-corrected chi connectivity index (χ0v) is 12.6. The van der Waals surface area contributed by atoms with Gasteiger partial charge in [0, 0.05) is 30.0 Å². The van der Waals surface area contributed by atoms with Gasteiger partial charge in [0.2, 0.25) is 0 Å². The van der Waals surface area contributed by atoms with E-state index in [-0.39, 0.29) is 5.91 Å². The van der Waals surface area contributed by atoms with Crippen molar-refractivity contribution in [3.05, 3.63) is 66.6 Å². The summed E-state index contributed by atoms with van der Waals surface area (Å²) in [6.45, 7) is 7.88. The van der Waals surface area contributed by atoms with E-state index >= 15 is 0 Å². The van der Waals surface area contributed by atoms with Crippen LogP contribution in [0.3, 0.4) is 0 Å². The molecule has 1 amide bonds. The summed E-state index contributed by atoms with van der Waals surface area (Å²) >= 11 is 0. The first-order chi connectivity index (χ1) is 10.7. The monoisotopic (exact) mass is 292 g/mol. The quantitative estimate of drug-likeness (QED) is 0.927. The number of rotatable bonds is 3. The van der Waals surface area contributed by atoms with Crippen LogP contribution in [0.4, 0.5) is 11.4 Å². The summed E-state index contributed by atoms with van der Waals surface area (Å²) in [5.41, 5.74) is 3.15. The maximum absolute atomic E-state index is 12.4. The summed E-state index contributed by atoms with van der Waals surface area (Å²) in [6.07, 6.45) is 3.74. The Morgan fingerprint density at radius 2 is 1.77 bits per heavy atom. The number of benzene rings is 2. The first-order valence-corrected chi connectivity index (χ1v) is 7.74. The highest BCUT2D eigenvalue weighted by Crippen LogP contribution is 2.21. The molecule has 0 spiro atoms. The van der Waals surface area contributed by atoms with Gasteiger partial charge in [0.05, 0.1) is 0 Å². The molecule has 1 N–H and O–H groups in total. The second-order valence-corrected chi connectivity index (χ2v) is 5.68. The van der Waals surface area contributed by atoms with E-state index in [2.05, 4.69) is 16.3 Å². The molecule has 2 radical (unpaired) electrons. The standard InChI is InChI=1S/C19H20N2O/c1-15-7-5-9-17(13-15)20-19(22)16-8-6-10-18(14-16)21-11-3-2-4-12-21/h1,5-10,13-14H,2-4,11-12H2,(H,20,22). The van der Waals surface area contributed by atoms with Gasteiger partial charge in [0.25, 0.3) is 5.91 Å². The molecule has 0 atom stereocenters. The van der Waals surface area contributed by atoms with E-state index < -0.39 is 0 Å². The normalized spacial score (nSPS) is 14.7. The second kappa shape index (κ2) is 6.65. The Hall–Kier alpha value is -2.29. The zero-order chi connectivity index (χ0) is 15.4. The van der Waals surface area contributed by atoms with Gasteiger partial charge in [-0.25, -0.2) is 0 Å². The molecule has 1 saturated heterocycles. The van der Waals surface area contributed by atoms with Crippen LogP contribution in [0.5, 0.6) is 0 Å². The van der Waals surface area contributed by atoms with Crippen molar-refractivity contribution in [2.24, 2.45) is 0 Å². The summed E-state index contributed by atoms with van der Waals surface area (Å²) in [7, 11) is 0. The Bertz CT molecular complexity index is 660. The summed E-state index contributed by atoms with van der Waals surface area (Å²) in [5, 5.41) is 2.89. The number of hydrogen-bond acceptors (Lipinski definition) is 2. The molecule has 3 nitrogen and oxygen atoms in total. The molecule has 2 aromatic carbocycles. The Morgan fingerprint density at radius 1 is 1.00 bits per heavy atom. The molecule has 2 aromatic rings. The molecule has 1 aliphatic heterocycles. The first kappa shape index (κ1) is 14.6. The predicted octanol–water partition coefficient (Wildman–Crippen LogP) is 3.99. The molecular weight excluding hydrogens is 272 g/mol. The predicted molar refractivity (Wildman–Crippen MR) is 90.3 cm³/mol. The van der Waals surface area contributed by atoms with Gasteiger partial charge in [-0.1, -0.05) is 18.2 Å². The molecule has 22 heavy (non-hydrogen) atoms. The lowest BCUT2D eigenvalue weighted by Crippen LogP contribution is -2.29. The number of nitrogens with zero attached hydrogens (tertiary/aromatic N) is 1. The van der Waals surface area contributed by atoms with Crippen molar-refractivity contribution < 1.29 is 4.79 Å². The average molecular weight is 292 g/mol. The lowest BCUT2D eigenvalue weighted by molar-refractivity contribution is 0.102. The Labute approximate surface area is 132 Å². The van der Waals surface area contributed by atoms with E-state index in [1.165, 1.54) is 19.3 Å². The molecule has 0 bridgehead atoms. The third kappa shape index (κ3) is 3.48. The Balaban J connectivity index is 1.75. The van der Waals surface area contributed by atoms with E-state index in [0.717, 1.165) is 18.8 Å². The Kier molecular flexibility index (Phi) is 4.42. The number of carbonyl (C=O) groups excluding carboxylic acids is 1. The van der Waals surface area contributed by atoms with Gasteiger partial charge < -0.3 is 10.2 Å². The van der Waals surface area contributed by atoms with Crippen LogP contribution in [0, 0.1) is 6.92 Å². The molecule has 1 aliphatic rings. The van der Waals surface area contributed by atoms with Crippen molar-refractivity contribution in [2.45, 2.75) is 19.3 Å². The number of anilines is 2. The van der Waals surface area contributed by atoms with E-state index in [0.29, 0.717) is 16.8 Å². The average Bonchev–Trinajstić information content (AvgIpc) is 2.56. The third-order valence-corrected chi connectivity index (χ3v) is 3.97. The summed E-state index contributed by atoms with van der Waals surface area (Å²) in [6, 6.07) is 15.0. The van der Waals surface area contributed by atoms with Crippen LogP contribution >= 0.6 is 0 Å². The van der Waals surface area contributed by atoms with Gasteiger partial charge in [-0.2, -0.15) is 0 Å². The van der Waals surface area contributed by atoms with Gasteiger partial charge in [0.15, 0.2) is 0 Å². The van der Waals surface area contributed by atoms with Crippen LogP contribution in [-0.4, -0.2) is 19.0 Å². The number of nitrogens with one attached hydrogen (secondary N) is 1. The lowest BCUT2D eigenvalue weighted by Gasteiger charge is -2.29. The second-order valence-electron chi connectivity index (χ2n) is 5.68. The van der Waals surface area contributed by atoms with Crippen LogP contribution in [0.1, 0.15) is 35.2 Å². The molecule has 0 unspecified atom stereocenters. The summed E-state index contributed by atoms with van der Waals surface area (Å²) in [4.78, 5) is 14.7. The minimum Gasteiger partial charge on any atom is -0.372 e. The smallest absolute Gasteiger partial charge is 0.255 e. The number of amides is 1. The molecule has 112 valence electrons. The maximum atomic E-state index is 12.4. The first-order valence-electron chi connectivity index (χ1n) is 7.74. The fourth-order valence-corrected chi connectivity index (χ4v) is 2.82. The van der Waals surface area contributed by atoms with Crippen LogP contribution in [0.15, 0.2) is 48.5 Å². The van der Waals surface area contributed by atoms with Gasteiger partial charge in [0.1, 0.15) is 0 Å². The lowest BCUT2D eigenvalue weighted by atomic mass is 10.1. The highest BCUT2D eigenvalue weighted by molar-refractivity contribution is 6.04. The van der Waals surface area contributed by atoms with Crippen molar-refractivity contribution in [1.82, 2.24) is 0 Å². The zero-order valence-electron chi connectivity index (χ0n) is 12.6. The number of carbonyl (C=O) groups is 1. The topological polar surface area (TPSA) is 32.3 Å². The van der Waals surface area contributed by atoms with Crippen molar-refractivity contribution in [2.75, 3.05) is 23.3 Å². The minimum absolute atomic E-state index is 0.107. The van der Waals surface area contributed by atoms with Crippen LogP contribution in [0.25, 0.3) is 0 Å². The number of piperidine rings is 1. The van der Waals surface area contributed by atoms with Gasteiger partial charge in [-0.05, 0) is 62.1 Å². The molecule has 3 heteroatoms. The third-order valence-electron chi connectivity index (χ3n) is 3.97. The Morgan fingerprint density at radius 3 is 2.55 bits per heavy atom. The van der Waals surface area contributed by atoms with Crippen LogP contribution in [0.2, 0.25) is 0 Å². The van der Waals surface area contributed by atoms with E-state index in [9.17, 15) is 4.79 Å². The summed E-state index contributed by atoms with van der Waals surface area (Å²) in [5.74, 6) is -0.107. The highest BCUT2D eigenvalue weighted by atomic mass is 16.1. The van der Waals surface area contributed by atoms with Crippen LogP contribution < -0.4 is 10.2 Å². The fourth-order valence-electron chi connectivity index (χ4n) is 2.82. The highest BCUT2D eigenvalue weighted by Gasteiger charge is 2.13. The number of hydrogen-bond donors (Lipinski definition) is 1. The van der Waals surface area contributed by atoms with Crippen molar-refractivity contribution >= 4 is 17.3 Å². The largest absolute Gasteiger partial charge is 0.372 e. The maximum Gasteiger partial charge on any atom is 0.255 e. The van der Waals surface area contributed by atoms with Gasteiger partial charge in [-0.15, -0.1) is 0 Å². The van der Waals surface area contributed by atoms with Gasteiger partial charge in [-0.3, -0.25) is 4.79 Å². The summed E-state index contributed by atoms with van der Waals surface area (Å²) < 4.78 is 0. The molecule has 0 saturated carbocycles. The van der Waals surface area contributed by atoms with Crippen LogP contribution in [-0.2, 0) is 0 Å². The fraction of sp³-hybridized carbons (Fsp3) is 0.263. The molecule has 1 heterocycles. The minimum atomic E-state index is -0.107. The molecule has 0 aromatic heterocycles. The van der Waals surface area contributed by atoms with Gasteiger partial charge >= 0.3 is 0 Å². The van der Waals surface area contributed by atoms with E-state index in [1.807, 2.05) is 30.3 Å². The van der Waals surface area contributed by atoms with Crippen molar-refractivity contribution in [3.63, 3.8) is 0 Å². The SMILES string of the molecule is [CH]c1cccc(NC(=O)c2cccc(N3CCCCC3)c2)c1. The molecular formula is C19H20N2O. The van der Waals surface area contributed by atoms with E-state index in [1.54, 1.807) is 12.1 Å². The van der Waals surface area contributed by atoms with E-state index in [4.69, 9.17) is 6.92 Å². The molecule has 3 rings (SSSR count). The van der Waals surface area contributed by atoms with Crippen molar-refractivity contribution in [3.8, 4) is 0 Å². The molecule has 1 fully saturated rings. The molecule has 0 aliphatic carbocycles.